The van der Waals surface area contributed by atoms with E-state index in [0.717, 1.165) is 47.0 Å². The number of rotatable bonds is 3. The second-order valence-electron chi connectivity index (χ2n) is 8.69. The summed E-state index contributed by atoms with van der Waals surface area (Å²) in [6.45, 7) is 10.3. The van der Waals surface area contributed by atoms with Crippen LogP contribution in [0.5, 0.6) is 0 Å². The van der Waals surface area contributed by atoms with Crippen LogP contribution in [0.25, 0.3) is 5.69 Å². The molecular weight excluding hydrogens is 369 g/mol. The van der Waals surface area contributed by atoms with Crippen molar-refractivity contribution in [3.63, 3.8) is 0 Å². The summed E-state index contributed by atoms with van der Waals surface area (Å²) in [5, 5.41) is 4.47. The molecular formula is C22H26FN5O. The molecule has 0 spiro atoms. The highest BCUT2D eigenvalue weighted by Gasteiger charge is 2.25. The molecule has 0 bridgehead atoms. The van der Waals surface area contributed by atoms with Crippen LogP contribution in [0.15, 0.2) is 35.3 Å². The van der Waals surface area contributed by atoms with Crippen LogP contribution in [-0.2, 0) is 24.9 Å². The molecule has 0 aliphatic carbocycles. The Labute approximate surface area is 169 Å². The molecule has 2 aromatic heterocycles. The highest BCUT2D eigenvalue weighted by atomic mass is 19.1. The number of H-pyrrole nitrogens is 1. The lowest BCUT2D eigenvalue weighted by atomic mass is 9.95. The first kappa shape index (κ1) is 19.5. The Kier molecular flexibility index (Phi) is 4.86. The number of hydrogen-bond donors (Lipinski definition) is 1. The molecule has 152 valence electrons. The van der Waals surface area contributed by atoms with Gasteiger partial charge in [0.15, 0.2) is 0 Å². The molecule has 29 heavy (non-hydrogen) atoms. The van der Waals surface area contributed by atoms with Gasteiger partial charge in [-0.15, -0.1) is 0 Å². The van der Waals surface area contributed by atoms with E-state index in [1.165, 1.54) is 12.1 Å². The molecule has 0 saturated heterocycles. The first-order valence-electron chi connectivity index (χ1n) is 9.87. The van der Waals surface area contributed by atoms with Crippen LogP contribution >= 0.6 is 0 Å². The number of nitrogens with zero attached hydrogens (tertiary/aromatic N) is 4. The van der Waals surface area contributed by atoms with Gasteiger partial charge in [-0.25, -0.2) is 14.1 Å². The Morgan fingerprint density at radius 3 is 2.62 bits per heavy atom. The van der Waals surface area contributed by atoms with Gasteiger partial charge in [-0.05, 0) is 31.2 Å². The van der Waals surface area contributed by atoms with Gasteiger partial charge in [0.1, 0.15) is 11.6 Å². The van der Waals surface area contributed by atoms with Gasteiger partial charge in [-0.3, -0.25) is 9.69 Å². The van der Waals surface area contributed by atoms with Gasteiger partial charge in [0.05, 0.1) is 23.1 Å². The fourth-order valence-corrected chi connectivity index (χ4v) is 3.65. The van der Waals surface area contributed by atoms with Crippen molar-refractivity contribution in [3.8, 4) is 5.69 Å². The van der Waals surface area contributed by atoms with E-state index < -0.39 is 0 Å². The molecule has 1 aromatic carbocycles. The maximum atomic E-state index is 13.2. The second kappa shape index (κ2) is 7.22. The number of aromatic amines is 1. The smallest absolute Gasteiger partial charge is 0.255 e. The number of aromatic nitrogens is 4. The van der Waals surface area contributed by atoms with Crippen molar-refractivity contribution < 1.29 is 4.39 Å². The minimum Gasteiger partial charge on any atom is -0.310 e. The molecule has 3 heterocycles. The van der Waals surface area contributed by atoms with Gasteiger partial charge in [0.2, 0.25) is 0 Å². The van der Waals surface area contributed by atoms with Crippen LogP contribution in [0, 0.1) is 12.7 Å². The van der Waals surface area contributed by atoms with Crippen LogP contribution in [0.4, 0.5) is 4.39 Å². The van der Waals surface area contributed by atoms with Gasteiger partial charge in [-0.1, -0.05) is 20.8 Å². The zero-order valence-electron chi connectivity index (χ0n) is 17.3. The molecule has 1 aliphatic rings. The van der Waals surface area contributed by atoms with E-state index in [-0.39, 0.29) is 16.8 Å². The Hall–Kier alpha value is -2.80. The average Bonchev–Trinajstić information content (AvgIpc) is 3.02. The molecule has 0 atom stereocenters. The summed E-state index contributed by atoms with van der Waals surface area (Å²) in [7, 11) is 0. The molecule has 6 nitrogen and oxygen atoms in total. The Balaban J connectivity index is 1.54. The second-order valence-corrected chi connectivity index (χ2v) is 8.69. The summed E-state index contributed by atoms with van der Waals surface area (Å²) in [5.74, 6) is 0.477. The predicted molar refractivity (Wildman–Crippen MR) is 110 cm³/mol. The lowest BCUT2D eigenvalue weighted by Crippen LogP contribution is -2.37. The van der Waals surface area contributed by atoms with Gasteiger partial charge in [0.25, 0.3) is 5.56 Å². The van der Waals surface area contributed by atoms with E-state index in [9.17, 15) is 9.18 Å². The van der Waals surface area contributed by atoms with Crippen LogP contribution in [0.1, 0.15) is 49.1 Å². The fraction of sp³-hybridized carbons (Fsp3) is 0.409. The minimum absolute atomic E-state index is 0.0386. The quantitative estimate of drug-likeness (QED) is 0.739. The summed E-state index contributed by atoms with van der Waals surface area (Å²) >= 11 is 0. The van der Waals surface area contributed by atoms with Crippen molar-refractivity contribution in [2.45, 2.75) is 52.6 Å². The van der Waals surface area contributed by atoms with E-state index in [4.69, 9.17) is 4.98 Å². The summed E-state index contributed by atoms with van der Waals surface area (Å²) in [6.07, 6.45) is 2.60. The van der Waals surface area contributed by atoms with Crippen LogP contribution in [-0.4, -0.2) is 31.2 Å². The standard InChI is InChI=1S/C22H26FN5O/c1-14-15(11-24-28(14)17-7-5-16(23)6-8-17)12-27-10-9-19-18(13-27)20(29)26-21(25-19)22(2,3)4/h5-8,11H,9-10,12-13H2,1-4H3,(H,25,26,29). The first-order valence-corrected chi connectivity index (χ1v) is 9.87. The van der Waals surface area contributed by atoms with E-state index in [1.807, 2.05) is 38.6 Å². The third-order valence-corrected chi connectivity index (χ3v) is 5.43. The highest BCUT2D eigenvalue weighted by Crippen LogP contribution is 2.22. The lowest BCUT2D eigenvalue weighted by molar-refractivity contribution is 0.240. The summed E-state index contributed by atoms with van der Waals surface area (Å²) < 4.78 is 15.0. The maximum Gasteiger partial charge on any atom is 0.255 e. The molecule has 0 radical (unpaired) electrons. The fourth-order valence-electron chi connectivity index (χ4n) is 3.65. The third-order valence-electron chi connectivity index (χ3n) is 5.43. The van der Waals surface area contributed by atoms with Crippen LogP contribution in [0.2, 0.25) is 0 Å². The molecule has 0 unspecified atom stereocenters. The number of hydrogen-bond acceptors (Lipinski definition) is 4. The van der Waals surface area contributed by atoms with E-state index in [0.29, 0.717) is 13.1 Å². The van der Waals surface area contributed by atoms with Crippen LogP contribution < -0.4 is 5.56 Å². The van der Waals surface area contributed by atoms with Crippen LogP contribution in [0.3, 0.4) is 0 Å². The summed E-state index contributed by atoms with van der Waals surface area (Å²) in [4.78, 5) is 22.6. The number of benzene rings is 1. The summed E-state index contributed by atoms with van der Waals surface area (Å²) in [5.41, 5.74) is 4.38. The molecule has 1 aliphatic heterocycles. The van der Waals surface area contributed by atoms with Crippen molar-refractivity contribution in [3.05, 3.63) is 75.0 Å². The average molecular weight is 395 g/mol. The van der Waals surface area contributed by atoms with Gasteiger partial charge >= 0.3 is 0 Å². The molecule has 7 heteroatoms. The molecule has 0 saturated carbocycles. The van der Waals surface area contributed by atoms with Crippen molar-refractivity contribution >= 4 is 0 Å². The minimum atomic E-state index is -0.265. The van der Waals surface area contributed by atoms with Crippen molar-refractivity contribution in [2.75, 3.05) is 6.54 Å². The molecule has 1 N–H and O–H groups in total. The Bertz CT molecular complexity index is 1090. The lowest BCUT2D eigenvalue weighted by Gasteiger charge is -2.28. The van der Waals surface area contributed by atoms with E-state index in [2.05, 4.69) is 15.0 Å². The molecule has 0 fully saturated rings. The molecule has 0 amide bonds. The zero-order valence-corrected chi connectivity index (χ0v) is 17.3. The summed E-state index contributed by atoms with van der Waals surface area (Å²) in [6, 6.07) is 6.30. The zero-order chi connectivity index (χ0) is 20.8. The predicted octanol–water partition coefficient (Wildman–Crippen LogP) is 3.26. The van der Waals surface area contributed by atoms with Gasteiger partial charge in [-0.2, -0.15) is 5.10 Å². The monoisotopic (exact) mass is 395 g/mol. The molecule has 4 rings (SSSR count). The van der Waals surface area contributed by atoms with Gasteiger partial charge < -0.3 is 4.98 Å². The molecule has 3 aromatic rings. The topological polar surface area (TPSA) is 66.8 Å². The number of nitrogens with one attached hydrogen (secondary N) is 1. The Morgan fingerprint density at radius 1 is 1.21 bits per heavy atom. The number of halogens is 1. The maximum absolute atomic E-state index is 13.2. The van der Waals surface area contributed by atoms with Crippen molar-refractivity contribution in [2.24, 2.45) is 0 Å². The third kappa shape index (κ3) is 3.87. The normalized spacial score (nSPS) is 14.8. The first-order chi connectivity index (χ1) is 13.7. The number of fused-ring (bicyclic) bond motifs is 1. The van der Waals surface area contributed by atoms with Gasteiger partial charge in [0, 0.05) is 42.7 Å². The largest absolute Gasteiger partial charge is 0.310 e. The highest BCUT2D eigenvalue weighted by molar-refractivity contribution is 5.35. The Morgan fingerprint density at radius 2 is 1.93 bits per heavy atom. The van der Waals surface area contributed by atoms with E-state index >= 15 is 0 Å². The van der Waals surface area contributed by atoms with E-state index in [1.54, 1.807) is 12.1 Å². The SMILES string of the molecule is Cc1c(CN2CCc3nc(C(C)(C)C)[nH]c(=O)c3C2)cnn1-c1ccc(F)cc1. The van der Waals surface area contributed by atoms with Crippen molar-refractivity contribution in [1.29, 1.82) is 0 Å². The van der Waals surface area contributed by atoms with Crippen molar-refractivity contribution in [1.82, 2.24) is 24.6 Å².